The molecule has 0 bridgehead atoms. The summed E-state index contributed by atoms with van der Waals surface area (Å²) in [5.41, 5.74) is -0.0726. The highest BCUT2D eigenvalue weighted by Gasteiger charge is 2.03. The van der Waals surface area contributed by atoms with Gasteiger partial charge >= 0.3 is 5.69 Å². The molecule has 62 valence electrons. The zero-order chi connectivity index (χ0) is 8.43. The van der Waals surface area contributed by atoms with Crippen LogP contribution in [0.4, 0.5) is 0 Å². The van der Waals surface area contributed by atoms with E-state index in [-0.39, 0.29) is 5.69 Å². The van der Waals surface area contributed by atoms with Gasteiger partial charge in [0.05, 0.1) is 6.54 Å². The van der Waals surface area contributed by atoms with E-state index in [1.165, 1.54) is 9.25 Å². The van der Waals surface area contributed by atoms with E-state index in [4.69, 9.17) is 0 Å². The Bertz CT molecular complexity index is 301. The van der Waals surface area contributed by atoms with Gasteiger partial charge in [0.1, 0.15) is 5.82 Å². The van der Waals surface area contributed by atoms with Crippen LogP contribution in [0.1, 0.15) is 5.82 Å². The molecule has 0 fully saturated rings. The Morgan fingerprint density at radius 1 is 1.64 bits per heavy atom. The fourth-order valence-corrected chi connectivity index (χ4v) is 1.03. The molecule has 0 unspecified atom stereocenters. The molecule has 0 N–H and O–H groups in total. The monoisotopic (exact) mass is 173 g/mol. The van der Waals surface area contributed by atoms with Crippen LogP contribution in [0.5, 0.6) is 0 Å². The lowest BCUT2D eigenvalue weighted by atomic mass is 10.7. The Balaban J connectivity index is 3.09. The molecule has 5 heteroatoms. The van der Waals surface area contributed by atoms with Crippen LogP contribution in [0, 0.1) is 6.92 Å². The van der Waals surface area contributed by atoms with Crippen LogP contribution in [-0.2, 0) is 13.6 Å². The lowest BCUT2D eigenvalue weighted by Crippen LogP contribution is -2.23. The molecular weight excluding hydrogens is 162 g/mol. The summed E-state index contributed by atoms with van der Waals surface area (Å²) in [6.07, 6.45) is 0. The SMILES string of the molecule is Cc1nn(CCS)c(=O)n1C. The summed E-state index contributed by atoms with van der Waals surface area (Å²) in [6.45, 7) is 2.38. The third-order valence-corrected chi connectivity index (χ3v) is 1.77. The van der Waals surface area contributed by atoms with Gasteiger partial charge in [0, 0.05) is 12.8 Å². The lowest BCUT2D eigenvalue weighted by molar-refractivity contribution is 0.628. The summed E-state index contributed by atoms with van der Waals surface area (Å²) in [5, 5.41) is 4.02. The third kappa shape index (κ3) is 1.48. The van der Waals surface area contributed by atoms with Gasteiger partial charge in [-0.05, 0) is 6.92 Å². The second kappa shape index (κ2) is 3.13. The van der Waals surface area contributed by atoms with Crippen LogP contribution in [0.25, 0.3) is 0 Å². The predicted octanol–water partition coefficient (Wildman–Crippen LogP) is -0.180. The zero-order valence-corrected chi connectivity index (χ0v) is 7.51. The molecule has 0 amide bonds. The summed E-state index contributed by atoms with van der Waals surface area (Å²) in [6, 6.07) is 0. The Kier molecular flexibility index (Phi) is 2.38. The van der Waals surface area contributed by atoms with Gasteiger partial charge in [-0.2, -0.15) is 17.7 Å². The van der Waals surface area contributed by atoms with Crippen LogP contribution >= 0.6 is 12.6 Å². The van der Waals surface area contributed by atoms with Gasteiger partial charge in [-0.15, -0.1) is 0 Å². The highest BCUT2D eigenvalue weighted by atomic mass is 32.1. The number of nitrogens with zero attached hydrogens (tertiary/aromatic N) is 3. The van der Waals surface area contributed by atoms with Gasteiger partial charge in [-0.25, -0.2) is 9.48 Å². The van der Waals surface area contributed by atoms with Crippen molar-refractivity contribution in [2.45, 2.75) is 13.5 Å². The first-order valence-electron chi connectivity index (χ1n) is 3.38. The van der Waals surface area contributed by atoms with Gasteiger partial charge < -0.3 is 0 Å². The van der Waals surface area contributed by atoms with Crippen molar-refractivity contribution in [2.24, 2.45) is 7.05 Å². The minimum absolute atomic E-state index is 0.0726. The van der Waals surface area contributed by atoms with E-state index in [0.29, 0.717) is 12.3 Å². The molecule has 0 aromatic carbocycles. The van der Waals surface area contributed by atoms with Crippen LogP contribution in [0.15, 0.2) is 4.79 Å². The Hall–Kier alpha value is -0.710. The summed E-state index contributed by atoms with van der Waals surface area (Å²) in [5.74, 6) is 1.37. The number of aromatic nitrogens is 3. The first-order chi connectivity index (χ1) is 5.16. The van der Waals surface area contributed by atoms with E-state index in [1.54, 1.807) is 14.0 Å². The van der Waals surface area contributed by atoms with Gasteiger partial charge in [0.15, 0.2) is 0 Å². The number of rotatable bonds is 2. The maximum atomic E-state index is 11.2. The van der Waals surface area contributed by atoms with Crippen molar-refractivity contribution in [3.8, 4) is 0 Å². The van der Waals surface area contributed by atoms with Crippen LogP contribution < -0.4 is 5.69 Å². The summed E-state index contributed by atoms with van der Waals surface area (Å²) in [4.78, 5) is 11.2. The maximum Gasteiger partial charge on any atom is 0.345 e. The topological polar surface area (TPSA) is 39.8 Å². The van der Waals surface area contributed by atoms with Gasteiger partial charge in [0.2, 0.25) is 0 Å². The Labute approximate surface area is 70.2 Å². The minimum atomic E-state index is -0.0726. The van der Waals surface area contributed by atoms with E-state index >= 15 is 0 Å². The summed E-state index contributed by atoms with van der Waals surface area (Å²) >= 11 is 4.01. The molecule has 0 aliphatic heterocycles. The fraction of sp³-hybridized carbons (Fsp3) is 0.667. The van der Waals surface area contributed by atoms with Crippen molar-refractivity contribution >= 4 is 12.6 Å². The standard InChI is InChI=1S/C6H11N3OS/c1-5-7-9(3-4-11)6(10)8(5)2/h11H,3-4H2,1-2H3. The molecule has 0 aliphatic carbocycles. The first-order valence-corrected chi connectivity index (χ1v) is 4.01. The minimum Gasteiger partial charge on any atom is -0.282 e. The van der Waals surface area contributed by atoms with E-state index in [1.807, 2.05) is 0 Å². The van der Waals surface area contributed by atoms with E-state index < -0.39 is 0 Å². The molecule has 1 aromatic heterocycles. The first kappa shape index (κ1) is 8.39. The highest BCUT2D eigenvalue weighted by molar-refractivity contribution is 7.80. The van der Waals surface area contributed by atoms with Crippen molar-refractivity contribution in [2.75, 3.05) is 5.75 Å². The smallest absolute Gasteiger partial charge is 0.282 e. The van der Waals surface area contributed by atoms with Crippen molar-refractivity contribution in [1.29, 1.82) is 0 Å². The number of hydrogen-bond acceptors (Lipinski definition) is 3. The molecule has 0 radical (unpaired) electrons. The van der Waals surface area contributed by atoms with Crippen molar-refractivity contribution in [3.05, 3.63) is 16.3 Å². The van der Waals surface area contributed by atoms with Crippen LogP contribution in [0.3, 0.4) is 0 Å². The van der Waals surface area contributed by atoms with Gasteiger partial charge in [-0.1, -0.05) is 0 Å². The molecule has 0 saturated heterocycles. The molecule has 1 heterocycles. The van der Waals surface area contributed by atoms with Crippen molar-refractivity contribution < 1.29 is 0 Å². The normalized spacial score (nSPS) is 10.5. The molecule has 0 spiro atoms. The van der Waals surface area contributed by atoms with Gasteiger partial charge in [0.25, 0.3) is 0 Å². The second-order valence-corrected chi connectivity index (χ2v) is 2.78. The summed E-state index contributed by atoms with van der Waals surface area (Å²) < 4.78 is 2.94. The highest BCUT2D eigenvalue weighted by Crippen LogP contribution is 1.86. The molecule has 1 rings (SSSR count). The van der Waals surface area contributed by atoms with E-state index in [9.17, 15) is 4.79 Å². The Morgan fingerprint density at radius 2 is 2.27 bits per heavy atom. The summed E-state index contributed by atoms with van der Waals surface area (Å²) in [7, 11) is 1.71. The predicted molar refractivity (Wildman–Crippen MR) is 46.1 cm³/mol. The maximum absolute atomic E-state index is 11.2. The molecular formula is C6H11N3OS. The Morgan fingerprint density at radius 3 is 2.64 bits per heavy atom. The quantitative estimate of drug-likeness (QED) is 0.630. The molecule has 0 saturated carbocycles. The van der Waals surface area contributed by atoms with E-state index in [0.717, 1.165) is 5.82 Å². The molecule has 4 nitrogen and oxygen atoms in total. The average Bonchev–Trinajstić information content (AvgIpc) is 2.19. The van der Waals surface area contributed by atoms with Gasteiger partial charge in [-0.3, -0.25) is 4.57 Å². The van der Waals surface area contributed by atoms with Crippen LogP contribution in [0.2, 0.25) is 0 Å². The third-order valence-electron chi connectivity index (χ3n) is 1.57. The fourth-order valence-electron chi connectivity index (χ4n) is 0.836. The van der Waals surface area contributed by atoms with E-state index in [2.05, 4.69) is 17.7 Å². The zero-order valence-electron chi connectivity index (χ0n) is 6.61. The number of hydrogen-bond donors (Lipinski definition) is 1. The molecule has 0 aliphatic rings. The second-order valence-electron chi connectivity index (χ2n) is 2.34. The van der Waals surface area contributed by atoms with Crippen LogP contribution in [-0.4, -0.2) is 20.1 Å². The molecule has 11 heavy (non-hydrogen) atoms. The largest absolute Gasteiger partial charge is 0.345 e. The number of thiol groups is 1. The molecule has 1 aromatic rings. The average molecular weight is 173 g/mol. The van der Waals surface area contributed by atoms with Crippen molar-refractivity contribution in [3.63, 3.8) is 0 Å². The lowest BCUT2D eigenvalue weighted by Gasteiger charge is -1.91. The number of aryl methyl sites for hydroxylation is 2. The van der Waals surface area contributed by atoms with Crippen molar-refractivity contribution in [1.82, 2.24) is 14.3 Å². The molecule has 0 atom stereocenters.